The van der Waals surface area contributed by atoms with Crippen molar-refractivity contribution in [2.45, 2.75) is 10.6 Å². The van der Waals surface area contributed by atoms with E-state index < -0.39 is 16.6 Å². The molecule has 2 rings (SSSR count). The van der Waals surface area contributed by atoms with E-state index in [1.54, 1.807) is 24.3 Å². The molecular weight excluding hydrogens is 317 g/mol. The van der Waals surface area contributed by atoms with E-state index in [1.165, 1.54) is 12.1 Å². The van der Waals surface area contributed by atoms with Gasteiger partial charge in [0.15, 0.2) is 0 Å². The molecule has 5 heteroatoms. The van der Waals surface area contributed by atoms with Gasteiger partial charge in [0, 0.05) is 20.6 Å². The van der Waals surface area contributed by atoms with E-state index in [-0.39, 0.29) is 5.75 Å². The van der Waals surface area contributed by atoms with Gasteiger partial charge in [0.25, 0.3) is 0 Å². The van der Waals surface area contributed by atoms with E-state index in [9.17, 15) is 8.60 Å². The molecule has 2 aromatic rings. The zero-order chi connectivity index (χ0) is 13.1. The van der Waals surface area contributed by atoms with Crippen molar-refractivity contribution < 1.29 is 8.60 Å². The number of rotatable bonds is 3. The summed E-state index contributed by atoms with van der Waals surface area (Å²) in [6.45, 7) is 0. The molecule has 0 radical (unpaired) electrons. The summed E-state index contributed by atoms with van der Waals surface area (Å²) in [5, 5.41) is 0. The second-order valence-corrected chi connectivity index (χ2v) is 6.12. The standard InChI is InChI=1S/C13H11BrFNOS/c14-9-3-1-4-10(7-9)18(17)8-11-12(15)5-2-6-13(11)16/h1-7H,8,16H2. The Morgan fingerprint density at radius 1 is 1.22 bits per heavy atom. The fourth-order valence-electron chi connectivity index (χ4n) is 1.55. The van der Waals surface area contributed by atoms with Gasteiger partial charge in [-0.25, -0.2) is 4.39 Å². The van der Waals surface area contributed by atoms with Crippen LogP contribution in [0.4, 0.5) is 10.1 Å². The van der Waals surface area contributed by atoms with Gasteiger partial charge in [-0.2, -0.15) is 0 Å². The molecule has 1 unspecified atom stereocenters. The third-order valence-corrected chi connectivity index (χ3v) is 4.31. The summed E-state index contributed by atoms with van der Waals surface area (Å²) in [5.74, 6) is -0.340. The fourth-order valence-corrected chi connectivity index (χ4v) is 3.32. The summed E-state index contributed by atoms with van der Waals surface area (Å²) >= 11 is 3.31. The molecule has 0 heterocycles. The van der Waals surface area contributed by atoms with Gasteiger partial charge in [0.1, 0.15) is 5.82 Å². The average Bonchev–Trinajstić information content (AvgIpc) is 2.34. The van der Waals surface area contributed by atoms with Crippen molar-refractivity contribution in [3.63, 3.8) is 0 Å². The van der Waals surface area contributed by atoms with Crippen molar-refractivity contribution in [1.29, 1.82) is 0 Å². The molecule has 0 fully saturated rings. The number of nitrogen functional groups attached to an aromatic ring is 1. The minimum Gasteiger partial charge on any atom is -0.398 e. The summed E-state index contributed by atoms with van der Waals surface area (Å²) in [6, 6.07) is 11.6. The minimum atomic E-state index is -1.32. The van der Waals surface area contributed by atoms with Crippen LogP contribution in [0.25, 0.3) is 0 Å². The third kappa shape index (κ3) is 2.97. The average molecular weight is 328 g/mol. The van der Waals surface area contributed by atoms with E-state index in [1.807, 2.05) is 6.07 Å². The van der Waals surface area contributed by atoms with E-state index in [0.717, 1.165) is 4.47 Å². The highest BCUT2D eigenvalue weighted by molar-refractivity contribution is 9.10. The molecule has 94 valence electrons. The van der Waals surface area contributed by atoms with E-state index >= 15 is 0 Å². The van der Waals surface area contributed by atoms with Crippen LogP contribution in [-0.2, 0) is 16.6 Å². The zero-order valence-corrected chi connectivity index (χ0v) is 11.8. The molecule has 0 spiro atoms. The summed E-state index contributed by atoms with van der Waals surface area (Å²) in [5.41, 5.74) is 6.33. The van der Waals surface area contributed by atoms with Gasteiger partial charge in [-0.15, -0.1) is 0 Å². The lowest BCUT2D eigenvalue weighted by Crippen LogP contribution is -2.03. The Labute approximate surface area is 116 Å². The normalized spacial score (nSPS) is 12.3. The van der Waals surface area contributed by atoms with E-state index in [4.69, 9.17) is 5.73 Å². The summed E-state index contributed by atoms with van der Waals surface area (Å²) in [4.78, 5) is 0.645. The second-order valence-electron chi connectivity index (χ2n) is 3.75. The Bertz CT molecular complexity index is 583. The van der Waals surface area contributed by atoms with Crippen molar-refractivity contribution >= 4 is 32.4 Å². The molecule has 0 saturated heterocycles. The highest BCUT2D eigenvalue weighted by Crippen LogP contribution is 2.22. The van der Waals surface area contributed by atoms with Gasteiger partial charge in [0.05, 0.1) is 16.6 Å². The number of hydrogen-bond donors (Lipinski definition) is 1. The lowest BCUT2D eigenvalue weighted by Gasteiger charge is -2.07. The molecule has 2 N–H and O–H groups in total. The molecule has 2 aromatic carbocycles. The molecule has 0 saturated carbocycles. The number of anilines is 1. The molecule has 18 heavy (non-hydrogen) atoms. The molecule has 0 aliphatic rings. The van der Waals surface area contributed by atoms with Crippen molar-refractivity contribution in [3.8, 4) is 0 Å². The zero-order valence-electron chi connectivity index (χ0n) is 9.40. The Balaban J connectivity index is 2.27. The molecule has 1 atom stereocenters. The molecule has 0 aromatic heterocycles. The fraction of sp³-hybridized carbons (Fsp3) is 0.0769. The molecule has 0 aliphatic carbocycles. The van der Waals surface area contributed by atoms with E-state index in [2.05, 4.69) is 15.9 Å². The van der Waals surface area contributed by atoms with Crippen LogP contribution in [0.5, 0.6) is 0 Å². The summed E-state index contributed by atoms with van der Waals surface area (Å²) in [7, 11) is -1.32. The lowest BCUT2D eigenvalue weighted by molar-refractivity contribution is 0.616. The summed E-state index contributed by atoms with van der Waals surface area (Å²) < 4.78 is 26.6. The maximum absolute atomic E-state index is 13.6. The van der Waals surface area contributed by atoms with Crippen molar-refractivity contribution in [3.05, 3.63) is 58.3 Å². The maximum atomic E-state index is 13.6. The largest absolute Gasteiger partial charge is 0.398 e. The van der Waals surface area contributed by atoms with Crippen LogP contribution in [0.2, 0.25) is 0 Å². The summed E-state index contributed by atoms with van der Waals surface area (Å²) in [6.07, 6.45) is 0. The van der Waals surface area contributed by atoms with Crippen LogP contribution in [0.1, 0.15) is 5.56 Å². The smallest absolute Gasteiger partial charge is 0.129 e. The van der Waals surface area contributed by atoms with Crippen molar-refractivity contribution in [2.24, 2.45) is 0 Å². The van der Waals surface area contributed by atoms with Crippen LogP contribution in [0.3, 0.4) is 0 Å². The molecule has 2 nitrogen and oxygen atoms in total. The van der Waals surface area contributed by atoms with Crippen LogP contribution in [0, 0.1) is 5.82 Å². The highest BCUT2D eigenvalue weighted by Gasteiger charge is 2.12. The topological polar surface area (TPSA) is 43.1 Å². The first-order valence-corrected chi connectivity index (χ1v) is 7.36. The van der Waals surface area contributed by atoms with Gasteiger partial charge in [0.2, 0.25) is 0 Å². The third-order valence-electron chi connectivity index (χ3n) is 2.49. The first-order chi connectivity index (χ1) is 8.58. The lowest BCUT2D eigenvalue weighted by atomic mass is 10.2. The first kappa shape index (κ1) is 13.2. The van der Waals surface area contributed by atoms with Gasteiger partial charge in [-0.3, -0.25) is 4.21 Å². The predicted molar refractivity (Wildman–Crippen MR) is 75.1 cm³/mol. The SMILES string of the molecule is Nc1cccc(F)c1CS(=O)c1cccc(Br)c1. The number of benzene rings is 2. The second kappa shape index (κ2) is 5.63. The Hall–Kier alpha value is -1.20. The predicted octanol–water partition coefficient (Wildman–Crippen LogP) is 3.48. The molecule has 0 amide bonds. The highest BCUT2D eigenvalue weighted by atomic mass is 79.9. The van der Waals surface area contributed by atoms with Gasteiger partial charge in [-0.1, -0.05) is 28.1 Å². The quantitative estimate of drug-likeness (QED) is 0.877. The Morgan fingerprint density at radius 2 is 1.94 bits per heavy atom. The van der Waals surface area contributed by atoms with Crippen LogP contribution in [-0.4, -0.2) is 4.21 Å². The maximum Gasteiger partial charge on any atom is 0.129 e. The van der Waals surface area contributed by atoms with Gasteiger partial charge in [-0.05, 0) is 30.3 Å². The van der Waals surface area contributed by atoms with Crippen LogP contribution >= 0.6 is 15.9 Å². The molecule has 0 bridgehead atoms. The van der Waals surface area contributed by atoms with Crippen molar-refractivity contribution in [2.75, 3.05) is 5.73 Å². The van der Waals surface area contributed by atoms with E-state index in [0.29, 0.717) is 16.1 Å². The van der Waals surface area contributed by atoms with Gasteiger partial charge < -0.3 is 5.73 Å². The van der Waals surface area contributed by atoms with Crippen LogP contribution < -0.4 is 5.73 Å². The monoisotopic (exact) mass is 327 g/mol. The number of halogens is 2. The van der Waals surface area contributed by atoms with Crippen molar-refractivity contribution in [1.82, 2.24) is 0 Å². The number of hydrogen-bond acceptors (Lipinski definition) is 2. The Kier molecular flexibility index (Phi) is 4.14. The van der Waals surface area contributed by atoms with Crippen LogP contribution in [0.15, 0.2) is 51.8 Å². The molecule has 0 aliphatic heterocycles. The molecular formula is C13H11BrFNOS. The van der Waals surface area contributed by atoms with Gasteiger partial charge >= 0.3 is 0 Å². The first-order valence-electron chi connectivity index (χ1n) is 5.25. The Morgan fingerprint density at radius 3 is 2.61 bits per heavy atom. The number of nitrogens with two attached hydrogens (primary N) is 1. The minimum absolute atomic E-state index is 0.0783.